The van der Waals surface area contributed by atoms with Crippen LogP contribution in [0.25, 0.3) is 22.1 Å². The Kier molecular flexibility index (Phi) is 5.48. The summed E-state index contributed by atoms with van der Waals surface area (Å²) in [7, 11) is 4.13. The van der Waals surface area contributed by atoms with E-state index in [0.717, 1.165) is 46.5 Å². The number of nitrogen functional groups attached to an aromatic ring is 1. The van der Waals surface area contributed by atoms with Crippen molar-refractivity contribution in [3.05, 3.63) is 94.7 Å². The number of benzene rings is 3. The highest BCUT2D eigenvalue weighted by atomic mass is 16.1. The number of imidazole rings is 2. The van der Waals surface area contributed by atoms with E-state index in [9.17, 15) is 4.79 Å². The minimum Gasteiger partial charge on any atom is -0.399 e. The van der Waals surface area contributed by atoms with Gasteiger partial charge in [-0.3, -0.25) is 9.13 Å². The predicted octanol–water partition coefficient (Wildman–Crippen LogP) is 3.39. The summed E-state index contributed by atoms with van der Waals surface area (Å²) < 4.78 is 5.89. The molecule has 0 aliphatic heterocycles. The summed E-state index contributed by atoms with van der Waals surface area (Å²) in [6.07, 6.45) is 0. The Morgan fingerprint density at radius 1 is 0.788 bits per heavy atom. The van der Waals surface area contributed by atoms with Crippen molar-refractivity contribution in [2.75, 3.05) is 26.4 Å². The maximum Gasteiger partial charge on any atom is 0.329 e. The van der Waals surface area contributed by atoms with Gasteiger partial charge >= 0.3 is 5.69 Å². The van der Waals surface area contributed by atoms with Gasteiger partial charge in [-0.25, -0.2) is 9.78 Å². The topological polar surface area (TPSA) is 74.0 Å². The number of likely N-dealkylation sites (N-methyl/N-ethyl adjacent to an activating group) is 1. The molecular formula is C26H28N6O. The second-order valence-corrected chi connectivity index (χ2v) is 8.66. The minimum atomic E-state index is -0.0424. The third-order valence-electron chi connectivity index (χ3n) is 6.05. The zero-order valence-corrected chi connectivity index (χ0v) is 19.0. The van der Waals surface area contributed by atoms with Gasteiger partial charge in [0.2, 0.25) is 0 Å². The molecule has 2 N–H and O–H groups in total. The molecule has 0 unspecified atom stereocenters. The first-order chi connectivity index (χ1) is 16.0. The van der Waals surface area contributed by atoms with Crippen LogP contribution in [0, 0.1) is 0 Å². The summed E-state index contributed by atoms with van der Waals surface area (Å²) >= 11 is 0. The SMILES string of the molecule is CN(C)CCn1c(Cn2c(=O)n(Cc3ccc(N)cc3)c3ccccc32)nc2ccccc21. The molecule has 0 atom stereocenters. The number of anilines is 1. The van der Waals surface area contributed by atoms with Gasteiger partial charge in [-0.15, -0.1) is 0 Å². The van der Waals surface area contributed by atoms with Crippen molar-refractivity contribution >= 4 is 27.8 Å². The fourth-order valence-corrected chi connectivity index (χ4v) is 4.32. The van der Waals surface area contributed by atoms with Gasteiger partial charge in [-0.2, -0.15) is 0 Å². The number of aromatic nitrogens is 4. The zero-order valence-electron chi connectivity index (χ0n) is 19.0. The van der Waals surface area contributed by atoms with Gasteiger partial charge in [0, 0.05) is 18.8 Å². The fraction of sp³-hybridized carbons (Fsp3) is 0.231. The smallest absolute Gasteiger partial charge is 0.329 e. The summed E-state index contributed by atoms with van der Waals surface area (Å²) in [5.41, 5.74) is 11.4. The van der Waals surface area contributed by atoms with Crippen molar-refractivity contribution in [2.45, 2.75) is 19.6 Å². The number of hydrogen-bond donors (Lipinski definition) is 1. The summed E-state index contributed by atoms with van der Waals surface area (Å²) in [6, 6.07) is 23.8. The van der Waals surface area contributed by atoms with Gasteiger partial charge in [0.1, 0.15) is 5.82 Å². The highest BCUT2D eigenvalue weighted by Gasteiger charge is 2.17. The summed E-state index contributed by atoms with van der Waals surface area (Å²) in [6.45, 7) is 2.60. The summed E-state index contributed by atoms with van der Waals surface area (Å²) in [5, 5.41) is 0. The lowest BCUT2D eigenvalue weighted by atomic mass is 10.2. The second-order valence-electron chi connectivity index (χ2n) is 8.66. The van der Waals surface area contributed by atoms with Crippen molar-refractivity contribution in [2.24, 2.45) is 0 Å². The highest BCUT2D eigenvalue weighted by Crippen LogP contribution is 2.20. The largest absolute Gasteiger partial charge is 0.399 e. The third-order valence-corrected chi connectivity index (χ3v) is 6.05. The van der Waals surface area contributed by atoms with Crippen molar-refractivity contribution < 1.29 is 0 Å². The maximum absolute atomic E-state index is 13.6. The number of nitrogens with two attached hydrogens (primary N) is 1. The lowest BCUT2D eigenvalue weighted by Gasteiger charge is -2.13. The molecule has 7 nitrogen and oxygen atoms in total. The molecule has 0 spiro atoms. The first-order valence-corrected chi connectivity index (χ1v) is 11.1. The average molecular weight is 441 g/mol. The monoisotopic (exact) mass is 440 g/mol. The normalized spacial score (nSPS) is 11.7. The molecule has 0 amide bonds. The van der Waals surface area contributed by atoms with E-state index in [-0.39, 0.29) is 5.69 Å². The molecule has 0 saturated heterocycles. The average Bonchev–Trinajstić information content (AvgIpc) is 3.29. The molecule has 7 heteroatoms. The van der Waals surface area contributed by atoms with Crippen molar-refractivity contribution in [1.82, 2.24) is 23.6 Å². The molecule has 168 valence electrons. The molecule has 2 heterocycles. The molecule has 3 aromatic carbocycles. The van der Waals surface area contributed by atoms with Crippen molar-refractivity contribution in [1.29, 1.82) is 0 Å². The van der Waals surface area contributed by atoms with Crippen LogP contribution in [0.4, 0.5) is 5.69 Å². The van der Waals surface area contributed by atoms with Crippen LogP contribution in [0.3, 0.4) is 0 Å². The molecule has 5 rings (SSSR count). The molecule has 5 aromatic rings. The van der Waals surface area contributed by atoms with Crippen LogP contribution in [-0.4, -0.2) is 44.2 Å². The maximum atomic E-state index is 13.6. The molecular weight excluding hydrogens is 412 g/mol. The standard InChI is InChI=1S/C26H28N6O/c1-29(2)15-16-30-22-8-4-3-7-21(22)28-25(30)18-32-24-10-6-5-9-23(24)31(26(32)33)17-19-11-13-20(27)14-12-19/h3-14H,15-18,27H2,1-2H3. The van der Waals surface area contributed by atoms with Gasteiger partial charge in [0.05, 0.1) is 35.2 Å². The van der Waals surface area contributed by atoms with Gasteiger partial charge in [-0.05, 0) is 56.1 Å². The van der Waals surface area contributed by atoms with Crippen LogP contribution < -0.4 is 11.4 Å². The lowest BCUT2D eigenvalue weighted by molar-refractivity contribution is 0.382. The van der Waals surface area contributed by atoms with E-state index in [2.05, 4.69) is 29.6 Å². The Morgan fingerprint density at radius 3 is 2.06 bits per heavy atom. The van der Waals surface area contributed by atoms with Gasteiger partial charge in [0.15, 0.2) is 0 Å². The van der Waals surface area contributed by atoms with Crippen LogP contribution in [0.1, 0.15) is 11.4 Å². The summed E-state index contributed by atoms with van der Waals surface area (Å²) in [4.78, 5) is 20.7. The molecule has 0 fully saturated rings. The van der Waals surface area contributed by atoms with Crippen LogP contribution in [0.2, 0.25) is 0 Å². The van der Waals surface area contributed by atoms with Gasteiger partial charge < -0.3 is 15.2 Å². The second kappa shape index (κ2) is 8.60. The lowest BCUT2D eigenvalue weighted by Crippen LogP contribution is -2.27. The predicted molar refractivity (Wildman–Crippen MR) is 134 cm³/mol. The Hall–Kier alpha value is -3.84. The third kappa shape index (κ3) is 4.03. The molecule has 0 saturated carbocycles. The Bertz CT molecular complexity index is 1470. The quantitative estimate of drug-likeness (QED) is 0.394. The number of para-hydroxylation sites is 4. The van der Waals surface area contributed by atoms with E-state index in [1.807, 2.05) is 75.9 Å². The first-order valence-electron chi connectivity index (χ1n) is 11.1. The first kappa shape index (κ1) is 21.0. The van der Waals surface area contributed by atoms with Gasteiger partial charge in [0.25, 0.3) is 0 Å². The fourth-order valence-electron chi connectivity index (χ4n) is 4.32. The number of hydrogen-bond acceptors (Lipinski definition) is 4. The van der Waals surface area contributed by atoms with Crippen molar-refractivity contribution in [3.63, 3.8) is 0 Å². The molecule has 33 heavy (non-hydrogen) atoms. The van der Waals surface area contributed by atoms with E-state index in [1.165, 1.54) is 0 Å². The number of nitrogens with zero attached hydrogens (tertiary/aromatic N) is 5. The van der Waals surface area contributed by atoms with E-state index >= 15 is 0 Å². The number of rotatable bonds is 7. The van der Waals surface area contributed by atoms with Crippen LogP contribution in [0.5, 0.6) is 0 Å². The Morgan fingerprint density at radius 2 is 1.39 bits per heavy atom. The van der Waals surface area contributed by atoms with Crippen molar-refractivity contribution in [3.8, 4) is 0 Å². The zero-order chi connectivity index (χ0) is 22.9. The summed E-state index contributed by atoms with van der Waals surface area (Å²) in [5.74, 6) is 0.885. The van der Waals surface area contributed by atoms with Crippen LogP contribution >= 0.6 is 0 Å². The molecule has 0 aliphatic rings. The molecule has 0 aliphatic carbocycles. The van der Waals surface area contributed by atoms with Gasteiger partial charge in [-0.1, -0.05) is 36.4 Å². The highest BCUT2D eigenvalue weighted by molar-refractivity contribution is 5.77. The van der Waals surface area contributed by atoms with Crippen LogP contribution in [-0.2, 0) is 19.6 Å². The Balaban J connectivity index is 1.59. The minimum absolute atomic E-state index is 0.0424. The molecule has 2 aromatic heterocycles. The molecule has 0 bridgehead atoms. The van der Waals surface area contributed by atoms with E-state index in [4.69, 9.17) is 10.7 Å². The van der Waals surface area contributed by atoms with E-state index in [0.29, 0.717) is 18.8 Å². The van der Waals surface area contributed by atoms with E-state index < -0.39 is 0 Å². The molecule has 0 radical (unpaired) electrons. The number of fused-ring (bicyclic) bond motifs is 2. The Labute approximate surface area is 192 Å². The van der Waals surface area contributed by atoms with E-state index in [1.54, 1.807) is 0 Å². The van der Waals surface area contributed by atoms with Crippen LogP contribution in [0.15, 0.2) is 77.6 Å².